The van der Waals surface area contributed by atoms with E-state index in [9.17, 15) is 8.78 Å². The second-order valence-electron chi connectivity index (χ2n) is 3.18. The Morgan fingerprint density at radius 1 is 1.47 bits per heavy atom. The first kappa shape index (κ1) is 9.59. The molecule has 0 fully saturated rings. The molecule has 1 heterocycles. The summed E-state index contributed by atoms with van der Waals surface area (Å²) in [6, 6.07) is 3.88. The number of aryl methyl sites for hydroxylation is 1. The number of imidazole rings is 1. The minimum Gasteiger partial charge on any atom is -0.328 e. The number of nitrogens with zero attached hydrogens (tertiary/aromatic N) is 3. The minimum atomic E-state index is -0.665. The maximum atomic E-state index is 13.4. The number of hydrogen-bond acceptors (Lipinski definition) is 2. The highest BCUT2D eigenvalue weighted by Crippen LogP contribution is 2.20. The molecule has 0 unspecified atom stereocenters. The molecule has 0 saturated heterocycles. The summed E-state index contributed by atoms with van der Waals surface area (Å²) >= 11 is 0. The van der Waals surface area contributed by atoms with Crippen molar-refractivity contribution in [3.05, 3.63) is 29.6 Å². The minimum absolute atomic E-state index is 0.0756. The van der Waals surface area contributed by atoms with Crippen LogP contribution in [0.2, 0.25) is 0 Å². The van der Waals surface area contributed by atoms with Crippen LogP contribution in [0.15, 0.2) is 12.1 Å². The molecule has 0 aliphatic rings. The Hall–Kier alpha value is -1.96. The van der Waals surface area contributed by atoms with Gasteiger partial charge in [-0.15, -0.1) is 0 Å². The number of nitriles is 1. The van der Waals surface area contributed by atoms with Gasteiger partial charge in [-0.3, -0.25) is 0 Å². The topological polar surface area (TPSA) is 41.6 Å². The van der Waals surface area contributed by atoms with Gasteiger partial charge in [0.15, 0.2) is 5.82 Å². The molecule has 0 radical (unpaired) electrons. The highest BCUT2D eigenvalue weighted by Gasteiger charge is 2.12. The van der Waals surface area contributed by atoms with Crippen molar-refractivity contribution in [2.75, 3.05) is 0 Å². The first-order valence-electron chi connectivity index (χ1n) is 4.31. The first-order valence-corrected chi connectivity index (χ1v) is 4.31. The first-order chi connectivity index (χ1) is 7.13. The Morgan fingerprint density at radius 3 is 2.87 bits per heavy atom. The third kappa shape index (κ3) is 1.44. The summed E-state index contributed by atoms with van der Waals surface area (Å²) in [5.74, 6) is -0.900. The van der Waals surface area contributed by atoms with Crippen molar-refractivity contribution in [2.45, 2.75) is 6.42 Å². The molecule has 2 aromatic rings. The molecule has 5 heteroatoms. The van der Waals surface area contributed by atoms with Gasteiger partial charge in [-0.2, -0.15) is 5.26 Å². The van der Waals surface area contributed by atoms with Crippen LogP contribution in [0.5, 0.6) is 0 Å². The molecular formula is C10H7F2N3. The molecule has 1 aromatic heterocycles. The Kier molecular flexibility index (Phi) is 2.12. The van der Waals surface area contributed by atoms with Gasteiger partial charge in [0.05, 0.1) is 18.0 Å². The fourth-order valence-corrected chi connectivity index (χ4v) is 1.54. The van der Waals surface area contributed by atoms with Gasteiger partial charge in [-0.25, -0.2) is 13.8 Å². The molecule has 0 bridgehead atoms. The van der Waals surface area contributed by atoms with Crippen LogP contribution in [0, 0.1) is 23.0 Å². The number of benzene rings is 1. The molecule has 76 valence electrons. The fourth-order valence-electron chi connectivity index (χ4n) is 1.54. The lowest BCUT2D eigenvalue weighted by atomic mass is 10.3. The molecule has 15 heavy (non-hydrogen) atoms. The Balaban J connectivity index is 2.77. The van der Waals surface area contributed by atoms with Gasteiger partial charge in [0.25, 0.3) is 0 Å². The van der Waals surface area contributed by atoms with E-state index >= 15 is 0 Å². The van der Waals surface area contributed by atoms with Crippen molar-refractivity contribution in [2.24, 2.45) is 7.05 Å². The SMILES string of the molecule is Cn1c(CC#N)nc2cc(F)cc(F)c21. The van der Waals surface area contributed by atoms with Crippen LogP contribution in [0.3, 0.4) is 0 Å². The van der Waals surface area contributed by atoms with E-state index in [4.69, 9.17) is 5.26 Å². The van der Waals surface area contributed by atoms with Crippen molar-refractivity contribution in [3.63, 3.8) is 0 Å². The monoisotopic (exact) mass is 207 g/mol. The summed E-state index contributed by atoms with van der Waals surface area (Å²) in [6.45, 7) is 0. The highest BCUT2D eigenvalue weighted by molar-refractivity contribution is 5.76. The van der Waals surface area contributed by atoms with Crippen LogP contribution in [0.1, 0.15) is 5.82 Å². The van der Waals surface area contributed by atoms with E-state index in [0.29, 0.717) is 5.82 Å². The van der Waals surface area contributed by atoms with Crippen LogP contribution < -0.4 is 0 Å². The van der Waals surface area contributed by atoms with Gasteiger partial charge >= 0.3 is 0 Å². The predicted octanol–water partition coefficient (Wildman–Crippen LogP) is 1.92. The zero-order valence-electron chi connectivity index (χ0n) is 7.96. The third-order valence-corrected chi connectivity index (χ3v) is 2.22. The van der Waals surface area contributed by atoms with E-state index in [2.05, 4.69) is 4.98 Å². The zero-order chi connectivity index (χ0) is 11.0. The summed E-state index contributed by atoms with van der Waals surface area (Å²) in [4.78, 5) is 3.98. The van der Waals surface area contributed by atoms with Crippen molar-refractivity contribution >= 4 is 11.0 Å². The van der Waals surface area contributed by atoms with Gasteiger partial charge in [0.2, 0.25) is 0 Å². The lowest BCUT2D eigenvalue weighted by Crippen LogP contribution is -1.97. The molecule has 0 N–H and O–H groups in total. The van der Waals surface area contributed by atoms with Gasteiger partial charge in [-0.1, -0.05) is 0 Å². The van der Waals surface area contributed by atoms with Crippen molar-refractivity contribution in [3.8, 4) is 6.07 Å². The number of rotatable bonds is 1. The predicted molar refractivity (Wildman–Crippen MR) is 49.9 cm³/mol. The van der Waals surface area contributed by atoms with E-state index in [1.54, 1.807) is 7.05 Å². The molecule has 0 spiro atoms. The molecule has 0 amide bonds. The maximum absolute atomic E-state index is 13.4. The summed E-state index contributed by atoms with van der Waals surface area (Å²) in [5, 5.41) is 8.52. The number of halogens is 2. The Bertz CT molecular complexity index is 566. The third-order valence-electron chi connectivity index (χ3n) is 2.22. The van der Waals surface area contributed by atoms with E-state index in [-0.39, 0.29) is 17.5 Å². The molecule has 0 aliphatic carbocycles. The van der Waals surface area contributed by atoms with Crippen LogP contribution >= 0.6 is 0 Å². The van der Waals surface area contributed by atoms with Crippen molar-refractivity contribution in [1.29, 1.82) is 5.26 Å². The largest absolute Gasteiger partial charge is 0.328 e. The number of fused-ring (bicyclic) bond motifs is 1. The summed E-state index contributed by atoms with van der Waals surface area (Å²) in [7, 11) is 1.60. The fraction of sp³-hybridized carbons (Fsp3) is 0.200. The highest BCUT2D eigenvalue weighted by atomic mass is 19.1. The van der Waals surface area contributed by atoms with E-state index < -0.39 is 11.6 Å². The van der Waals surface area contributed by atoms with Crippen LogP contribution in [0.4, 0.5) is 8.78 Å². The number of aromatic nitrogens is 2. The van der Waals surface area contributed by atoms with Crippen molar-refractivity contribution < 1.29 is 8.78 Å². The second kappa shape index (κ2) is 3.31. The van der Waals surface area contributed by atoms with Crippen LogP contribution in [-0.4, -0.2) is 9.55 Å². The van der Waals surface area contributed by atoms with Gasteiger partial charge in [0.1, 0.15) is 17.2 Å². The standard InChI is InChI=1S/C10H7F2N3/c1-15-9(2-3-13)14-8-5-6(11)4-7(12)10(8)15/h4-5H,2H2,1H3. The van der Waals surface area contributed by atoms with Crippen molar-refractivity contribution in [1.82, 2.24) is 9.55 Å². The summed E-state index contributed by atoms with van der Waals surface area (Å²) in [5.41, 5.74) is 0.460. The lowest BCUT2D eigenvalue weighted by Gasteiger charge is -1.98. The second-order valence-corrected chi connectivity index (χ2v) is 3.18. The molecule has 0 aliphatic heterocycles. The Morgan fingerprint density at radius 2 is 2.20 bits per heavy atom. The van der Waals surface area contributed by atoms with Crippen LogP contribution in [0.25, 0.3) is 11.0 Å². The Labute approximate surface area is 84.6 Å². The van der Waals surface area contributed by atoms with Gasteiger partial charge < -0.3 is 4.57 Å². The molecule has 2 rings (SSSR count). The van der Waals surface area contributed by atoms with E-state index in [1.165, 1.54) is 4.57 Å². The van der Waals surface area contributed by atoms with E-state index in [0.717, 1.165) is 12.1 Å². The average molecular weight is 207 g/mol. The number of hydrogen-bond donors (Lipinski definition) is 0. The summed E-state index contributed by atoms with van der Waals surface area (Å²) < 4.78 is 27.7. The summed E-state index contributed by atoms with van der Waals surface area (Å²) in [6.07, 6.45) is 0.0756. The molecule has 0 atom stereocenters. The normalized spacial score (nSPS) is 10.5. The molecule has 1 aromatic carbocycles. The molecule has 0 saturated carbocycles. The van der Waals surface area contributed by atoms with Gasteiger partial charge in [-0.05, 0) is 0 Å². The van der Waals surface area contributed by atoms with E-state index in [1.807, 2.05) is 6.07 Å². The molecular weight excluding hydrogens is 200 g/mol. The smallest absolute Gasteiger partial charge is 0.152 e. The lowest BCUT2D eigenvalue weighted by molar-refractivity contribution is 0.588. The zero-order valence-corrected chi connectivity index (χ0v) is 7.96. The van der Waals surface area contributed by atoms with Gasteiger partial charge in [0, 0.05) is 19.2 Å². The molecule has 3 nitrogen and oxygen atoms in total. The quantitative estimate of drug-likeness (QED) is 0.716. The van der Waals surface area contributed by atoms with Crippen LogP contribution in [-0.2, 0) is 13.5 Å². The average Bonchev–Trinajstić information content (AvgIpc) is 2.43. The maximum Gasteiger partial charge on any atom is 0.152 e.